The number of pyridine rings is 1. The minimum Gasteiger partial charge on any atom is -0.493 e. The van der Waals surface area contributed by atoms with E-state index in [1.54, 1.807) is 26.4 Å². The topological polar surface area (TPSA) is 116 Å². The number of nitrogens with two attached hydrogens (primary N) is 1. The lowest BCUT2D eigenvalue weighted by Crippen LogP contribution is -2.14. The molecule has 0 unspecified atom stereocenters. The first-order chi connectivity index (χ1) is 14.5. The lowest BCUT2D eigenvalue weighted by molar-refractivity contribution is 0.100. The lowest BCUT2D eigenvalue weighted by Gasteiger charge is -2.18. The summed E-state index contributed by atoms with van der Waals surface area (Å²) in [5, 5.41) is 13.5. The molecule has 0 spiro atoms. The van der Waals surface area contributed by atoms with E-state index in [0.717, 1.165) is 16.8 Å². The first-order valence-electron chi connectivity index (χ1n) is 9.38. The number of hydrogen-bond acceptors (Lipinski definition) is 7. The van der Waals surface area contributed by atoms with Gasteiger partial charge < -0.3 is 30.4 Å². The summed E-state index contributed by atoms with van der Waals surface area (Å²) in [7, 11) is 3.14. The summed E-state index contributed by atoms with van der Waals surface area (Å²) >= 11 is 0. The van der Waals surface area contributed by atoms with Crippen LogP contribution in [0.5, 0.6) is 11.5 Å². The maximum absolute atomic E-state index is 12.1. The van der Waals surface area contributed by atoms with Gasteiger partial charge in [-0.25, -0.2) is 0 Å². The van der Waals surface area contributed by atoms with Crippen LogP contribution in [0.15, 0.2) is 36.5 Å². The summed E-state index contributed by atoms with van der Waals surface area (Å²) < 4.78 is 16.3. The van der Waals surface area contributed by atoms with E-state index in [1.165, 1.54) is 6.20 Å². The molecule has 1 aromatic heterocycles. The van der Waals surface area contributed by atoms with Gasteiger partial charge in [-0.3, -0.25) is 9.78 Å². The predicted molar refractivity (Wildman–Crippen MR) is 115 cm³/mol. The van der Waals surface area contributed by atoms with Gasteiger partial charge in [0.25, 0.3) is 5.91 Å². The van der Waals surface area contributed by atoms with Crippen LogP contribution < -0.4 is 20.5 Å². The molecule has 8 heteroatoms. The van der Waals surface area contributed by atoms with Crippen LogP contribution in [0, 0.1) is 6.92 Å². The minimum atomic E-state index is -0.611. The van der Waals surface area contributed by atoms with Crippen molar-refractivity contribution in [2.45, 2.75) is 13.5 Å². The molecular weight excluding hydrogens is 386 g/mol. The molecule has 1 heterocycles. The number of fused-ring (bicyclic) bond motifs is 1. The molecule has 0 bridgehead atoms. The predicted octanol–water partition coefficient (Wildman–Crippen LogP) is 2.91. The third kappa shape index (κ3) is 4.29. The largest absolute Gasteiger partial charge is 0.493 e. The highest BCUT2D eigenvalue weighted by atomic mass is 16.5. The Morgan fingerprint density at radius 3 is 2.67 bits per heavy atom. The summed E-state index contributed by atoms with van der Waals surface area (Å²) in [4.78, 5) is 16.5. The van der Waals surface area contributed by atoms with E-state index in [0.29, 0.717) is 41.3 Å². The van der Waals surface area contributed by atoms with Crippen LogP contribution in [-0.2, 0) is 11.3 Å². The quantitative estimate of drug-likeness (QED) is 0.464. The smallest absolute Gasteiger partial charge is 0.252 e. The van der Waals surface area contributed by atoms with Crippen molar-refractivity contribution < 1.29 is 24.1 Å². The number of aliphatic hydroxyl groups is 1. The van der Waals surface area contributed by atoms with Crippen molar-refractivity contribution in [2.75, 3.05) is 32.8 Å². The molecule has 3 rings (SSSR count). The third-order valence-electron chi connectivity index (χ3n) is 4.84. The van der Waals surface area contributed by atoms with Crippen molar-refractivity contribution in [3.8, 4) is 11.5 Å². The Morgan fingerprint density at radius 2 is 2.00 bits per heavy atom. The minimum absolute atomic E-state index is 0.0875. The van der Waals surface area contributed by atoms with Crippen molar-refractivity contribution in [3.63, 3.8) is 0 Å². The summed E-state index contributed by atoms with van der Waals surface area (Å²) in [6.45, 7) is 2.56. The maximum atomic E-state index is 12.1. The van der Waals surface area contributed by atoms with E-state index in [1.807, 2.05) is 25.1 Å². The Balaban J connectivity index is 2.18. The van der Waals surface area contributed by atoms with Gasteiger partial charge in [-0.15, -0.1) is 0 Å². The van der Waals surface area contributed by atoms with E-state index in [4.69, 9.17) is 19.9 Å². The van der Waals surface area contributed by atoms with E-state index in [-0.39, 0.29) is 12.2 Å². The van der Waals surface area contributed by atoms with Gasteiger partial charge >= 0.3 is 0 Å². The van der Waals surface area contributed by atoms with Crippen molar-refractivity contribution in [3.05, 3.63) is 53.2 Å². The van der Waals surface area contributed by atoms with Gasteiger partial charge in [0.2, 0.25) is 0 Å². The zero-order chi connectivity index (χ0) is 21.7. The molecule has 0 aliphatic carbocycles. The molecule has 0 fully saturated rings. The number of methoxy groups -OCH3 is 2. The number of nitrogens with zero attached hydrogens (tertiary/aromatic N) is 1. The van der Waals surface area contributed by atoms with Gasteiger partial charge in [-0.05, 0) is 30.2 Å². The SMILES string of the molecule is COCCOc1cc2c(Nc3cccc(CO)c3C)c(C(N)=O)cnc2cc1OC. The second-order valence-electron chi connectivity index (χ2n) is 6.65. The van der Waals surface area contributed by atoms with Gasteiger partial charge in [0.15, 0.2) is 11.5 Å². The highest BCUT2D eigenvalue weighted by molar-refractivity contribution is 6.08. The van der Waals surface area contributed by atoms with Gasteiger partial charge in [0.1, 0.15) is 6.61 Å². The Bertz CT molecular complexity index is 1070. The zero-order valence-electron chi connectivity index (χ0n) is 17.2. The zero-order valence-corrected chi connectivity index (χ0v) is 17.2. The number of rotatable bonds is 9. The van der Waals surface area contributed by atoms with Crippen LogP contribution >= 0.6 is 0 Å². The Kier molecular flexibility index (Phi) is 6.71. The van der Waals surface area contributed by atoms with Crippen LogP contribution in [0.2, 0.25) is 0 Å². The third-order valence-corrected chi connectivity index (χ3v) is 4.84. The summed E-state index contributed by atoms with van der Waals surface area (Å²) in [6.07, 6.45) is 1.43. The van der Waals surface area contributed by atoms with E-state index < -0.39 is 5.91 Å². The molecule has 1 amide bonds. The van der Waals surface area contributed by atoms with E-state index >= 15 is 0 Å². The highest BCUT2D eigenvalue weighted by Crippen LogP contribution is 2.37. The molecule has 2 aromatic carbocycles. The highest BCUT2D eigenvalue weighted by Gasteiger charge is 2.18. The van der Waals surface area contributed by atoms with E-state index in [2.05, 4.69) is 10.3 Å². The summed E-state index contributed by atoms with van der Waals surface area (Å²) in [6, 6.07) is 9.04. The molecule has 158 valence electrons. The maximum Gasteiger partial charge on any atom is 0.252 e. The van der Waals surface area contributed by atoms with E-state index in [9.17, 15) is 9.90 Å². The summed E-state index contributed by atoms with van der Waals surface area (Å²) in [5.74, 6) is 0.400. The number of carbonyl (C=O) groups excluding carboxylic acids is 1. The summed E-state index contributed by atoms with van der Waals surface area (Å²) in [5.41, 5.74) is 9.36. The molecule has 0 saturated heterocycles. The van der Waals surface area contributed by atoms with Crippen LogP contribution in [-0.4, -0.2) is 43.4 Å². The molecule has 0 aliphatic rings. The fourth-order valence-corrected chi connectivity index (χ4v) is 3.15. The number of amides is 1. The molecule has 0 aliphatic heterocycles. The Hall–Kier alpha value is -3.36. The first kappa shape index (κ1) is 21.4. The van der Waals surface area contributed by atoms with Crippen LogP contribution in [0.1, 0.15) is 21.5 Å². The number of aliphatic hydroxyl groups excluding tert-OH is 1. The number of anilines is 2. The van der Waals surface area contributed by atoms with Gasteiger partial charge in [-0.2, -0.15) is 0 Å². The van der Waals surface area contributed by atoms with Crippen LogP contribution in [0.4, 0.5) is 11.4 Å². The Labute approximate surface area is 174 Å². The standard InChI is InChI=1S/C22H25N3O5/c1-13-14(12-26)5-4-6-17(13)25-21-15-9-20(30-8-7-28-2)19(29-3)10-18(15)24-11-16(21)22(23)27/h4-6,9-11,26H,7-8,12H2,1-3H3,(H2,23,27)(H,24,25). The van der Waals surface area contributed by atoms with Gasteiger partial charge in [0.05, 0.1) is 37.1 Å². The monoisotopic (exact) mass is 411 g/mol. The van der Waals surface area contributed by atoms with Gasteiger partial charge in [0, 0.05) is 30.4 Å². The fraction of sp³-hybridized carbons (Fsp3) is 0.273. The molecular formula is C22H25N3O5. The van der Waals surface area contributed by atoms with Crippen molar-refractivity contribution >= 4 is 28.2 Å². The molecule has 30 heavy (non-hydrogen) atoms. The average Bonchev–Trinajstić information content (AvgIpc) is 2.74. The van der Waals surface area contributed by atoms with Gasteiger partial charge in [-0.1, -0.05) is 12.1 Å². The van der Waals surface area contributed by atoms with Crippen LogP contribution in [0.3, 0.4) is 0 Å². The molecule has 0 saturated carbocycles. The molecule has 0 radical (unpaired) electrons. The average molecular weight is 411 g/mol. The van der Waals surface area contributed by atoms with Crippen molar-refractivity contribution in [1.82, 2.24) is 4.98 Å². The van der Waals surface area contributed by atoms with Crippen molar-refractivity contribution in [2.24, 2.45) is 5.73 Å². The second kappa shape index (κ2) is 9.43. The molecule has 8 nitrogen and oxygen atoms in total. The number of carbonyl (C=O) groups is 1. The number of hydrogen-bond donors (Lipinski definition) is 3. The molecule has 3 aromatic rings. The molecule has 0 atom stereocenters. The number of ether oxygens (including phenoxy) is 3. The normalized spacial score (nSPS) is 10.8. The number of benzene rings is 2. The first-order valence-corrected chi connectivity index (χ1v) is 9.38. The van der Waals surface area contributed by atoms with Crippen molar-refractivity contribution in [1.29, 1.82) is 0 Å². The lowest BCUT2D eigenvalue weighted by atomic mass is 10.0. The number of nitrogens with one attached hydrogen (secondary N) is 1. The number of aromatic nitrogens is 1. The Morgan fingerprint density at radius 1 is 1.20 bits per heavy atom. The molecule has 4 N–H and O–H groups in total. The second-order valence-corrected chi connectivity index (χ2v) is 6.65. The van der Waals surface area contributed by atoms with Crippen LogP contribution in [0.25, 0.3) is 10.9 Å². The fourth-order valence-electron chi connectivity index (χ4n) is 3.15. The number of primary amides is 1.